The van der Waals surface area contributed by atoms with E-state index in [1.165, 1.54) is 38.5 Å². The fourth-order valence-electron chi connectivity index (χ4n) is 3.95. The Labute approximate surface area is 128 Å². The second-order valence-electron chi connectivity index (χ2n) is 6.76. The van der Waals surface area contributed by atoms with Crippen molar-refractivity contribution >= 4 is 0 Å². The maximum atomic E-state index is 5.83. The van der Waals surface area contributed by atoms with E-state index < -0.39 is 0 Å². The zero-order chi connectivity index (χ0) is 14.7. The minimum Gasteiger partial charge on any atom is -0.444 e. The molecule has 1 unspecified atom stereocenters. The van der Waals surface area contributed by atoms with Crippen molar-refractivity contribution in [3.05, 3.63) is 17.8 Å². The summed E-state index contributed by atoms with van der Waals surface area (Å²) in [6.45, 7) is 7.52. The largest absolute Gasteiger partial charge is 0.444 e. The summed E-state index contributed by atoms with van der Waals surface area (Å²) in [5.41, 5.74) is 0.351. The van der Waals surface area contributed by atoms with Gasteiger partial charge in [-0.3, -0.25) is 4.90 Å². The summed E-state index contributed by atoms with van der Waals surface area (Å²) >= 11 is 0. The highest BCUT2D eigenvalue weighted by molar-refractivity contribution is 5.01. The van der Waals surface area contributed by atoms with E-state index in [0.29, 0.717) is 11.6 Å². The molecule has 1 saturated carbocycles. The average molecular weight is 291 g/mol. The van der Waals surface area contributed by atoms with Gasteiger partial charge in [-0.25, -0.2) is 4.98 Å². The molecule has 0 radical (unpaired) electrons. The number of nitrogens with one attached hydrogen (secondary N) is 1. The van der Waals surface area contributed by atoms with E-state index >= 15 is 0 Å². The number of piperazine rings is 1. The van der Waals surface area contributed by atoms with Crippen molar-refractivity contribution < 1.29 is 4.42 Å². The third kappa shape index (κ3) is 3.32. The highest BCUT2D eigenvalue weighted by Gasteiger charge is 2.39. The van der Waals surface area contributed by atoms with Crippen LogP contribution in [0.3, 0.4) is 0 Å². The summed E-state index contributed by atoms with van der Waals surface area (Å²) in [6, 6.07) is 0.606. The molecule has 0 aromatic carbocycles. The third-order valence-corrected chi connectivity index (χ3v) is 5.31. The van der Waals surface area contributed by atoms with E-state index in [-0.39, 0.29) is 0 Å². The second kappa shape index (κ2) is 6.49. The molecule has 1 aliphatic carbocycles. The topological polar surface area (TPSA) is 41.3 Å². The van der Waals surface area contributed by atoms with Crippen molar-refractivity contribution in [1.29, 1.82) is 0 Å². The molecule has 1 saturated heterocycles. The lowest BCUT2D eigenvalue weighted by Crippen LogP contribution is -2.64. The monoisotopic (exact) mass is 291 g/mol. The molecule has 1 N–H and O–H groups in total. The van der Waals surface area contributed by atoms with Gasteiger partial charge in [0.05, 0.1) is 12.7 Å². The lowest BCUT2D eigenvalue weighted by Gasteiger charge is -2.49. The van der Waals surface area contributed by atoms with E-state index in [0.717, 1.165) is 37.7 Å². The van der Waals surface area contributed by atoms with Gasteiger partial charge in [0.25, 0.3) is 0 Å². The first kappa shape index (κ1) is 15.0. The molecule has 1 spiro atoms. The zero-order valence-electron chi connectivity index (χ0n) is 13.5. The lowest BCUT2D eigenvalue weighted by atomic mass is 9.79. The second-order valence-corrected chi connectivity index (χ2v) is 6.76. The van der Waals surface area contributed by atoms with Crippen LogP contribution in [0.2, 0.25) is 0 Å². The number of rotatable bonds is 4. The molecule has 1 atom stereocenters. The molecule has 1 aromatic rings. The van der Waals surface area contributed by atoms with Gasteiger partial charge in [0.1, 0.15) is 5.76 Å². The molecule has 1 aliphatic heterocycles. The van der Waals surface area contributed by atoms with Crippen molar-refractivity contribution in [1.82, 2.24) is 15.2 Å². The van der Waals surface area contributed by atoms with Crippen LogP contribution in [0.1, 0.15) is 64.0 Å². The van der Waals surface area contributed by atoms with Gasteiger partial charge in [-0.05, 0) is 19.3 Å². The number of oxazole rings is 1. The lowest BCUT2D eigenvalue weighted by molar-refractivity contribution is 0.0425. The molecular formula is C17H29N3O. The van der Waals surface area contributed by atoms with Crippen LogP contribution in [0.25, 0.3) is 0 Å². The third-order valence-electron chi connectivity index (χ3n) is 5.31. The first-order chi connectivity index (χ1) is 10.2. The van der Waals surface area contributed by atoms with Gasteiger partial charge < -0.3 is 9.73 Å². The molecule has 118 valence electrons. The molecule has 2 aliphatic rings. The summed E-state index contributed by atoms with van der Waals surface area (Å²) in [5.74, 6) is 1.89. The van der Waals surface area contributed by atoms with Gasteiger partial charge in [0.2, 0.25) is 5.89 Å². The fraction of sp³-hybridized carbons (Fsp3) is 0.824. The Morgan fingerprint density at radius 1 is 1.33 bits per heavy atom. The van der Waals surface area contributed by atoms with Crippen LogP contribution in [0, 0.1) is 0 Å². The predicted molar refractivity (Wildman–Crippen MR) is 84.2 cm³/mol. The first-order valence-corrected chi connectivity index (χ1v) is 8.67. The summed E-state index contributed by atoms with van der Waals surface area (Å²) < 4.78 is 5.83. The van der Waals surface area contributed by atoms with Crippen LogP contribution in [-0.4, -0.2) is 34.6 Å². The smallest absolute Gasteiger partial charge is 0.208 e. The molecule has 2 fully saturated rings. The van der Waals surface area contributed by atoms with Crippen molar-refractivity contribution in [3.63, 3.8) is 0 Å². The van der Waals surface area contributed by atoms with Crippen LogP contribution >= 0.6 is 0 Å². The minimum atomic E-state index is 0.351. The summed E-state index contributed by atoms with van der Waals surface area (Å²) in [4.78, 5) is 7.06. The molecular weight excluding hydrogens is 262 g/mol. The molecule has 0 amide bonds. The van der Waals surface area contributed by atoms with Crippen LogP contribution in [-0.2, 0) is 13.0 Å². The van der Waals surface area contributed by atoms with Gasteiger partial charge in [0.15, 0.2) is 0 Å². The molecule has 2 heterocycles. The summed E-state index contributed by atoms with van der Waals surface area (Å²) in [6.07, 6.45) is 10.8. The molecule has 0 bridgehead atoms. The van der Waals surface area contributed by atoms with Crippen molar-refractivity contribution in [2.75, 3.05) is 13.1 Å². The number of aryl methyl sites for hydroxylation is 1. The number of nitrogens with zero attached hydrogens (tertiary/aromatic N) is 2. The van der Waals surface area contributed by atoms with Crippen molar-refractivity contribution in [2.24, 2.45) is 0 Å². The van der Waals surface area contributed by atoms with Crippen LogP contribution < -0.4 is 5.32 Å². The van der Waals surface area contributed by atoms with Gasteiger partial charge >= 0.3 is 0 Å². The van der Waals surface area contributed by atoms with Gasteiger partial charge in [-0.2, -0.15) is 0 Å². The van der Waals surface area contributed by atoms with Gasteiger partial charge in [-0.1, -0.05) is 33.1 Å². The summed E-state index contributed by atoms with van der Waals surface area (Å²) in [7, 11) is 0. The summed E-state index contributed by atoms with van der Waals surface area (Å²) in [5, 5.41) is 3.87. The van der Waals surface area contributed by atoms with E-state index in [1.807, 2.05) is 6.20 Å². The first-order valence-electron chi connectivity index (χ1n) is 8.67. The molecule has 4 heteroatoms. The molecule has 4 nitrogen and oxygen atoms in total. The Morgan fingerprint density at radius 2 is 2.14 bits per heavy atom. The molecule has 21 heavy (non-hydrogen) atoms. The predicted octanol–water partition coefficient (Wildman–Crippen LogP) is 3.12. The Balaban J connectivity index is 1.70. The molecule has 3 rings (SSSR count). The van der Waals surface area contributed by atoms with Crippen molar-refractivity contribution in [2.45, 2.75) is 76.9 Å². The number of hydrogen-bond acceptors (Lipinski definition) is 4. The number of hydrogen-bond donors (Lipinski definition) is 1. The highest BCUT2D eigenvalue weighted by atomic mass is 16.4. The van der Waals surface area contributed by atoms with E-state index in [9.17, 15) is 0 Å². The highest BCUT2D eigenvalue weighted by Crippen LogP contribution is 2.32. The Morgan fingerprint density at radius 3 is 2.81 bits per heavy atom. The standard InChI is InChI=1S/C17H29N3O/c1-3-14-10-19-17(8-6-5-7-9-17)13-20(14)12-16-18-11-15(4-2)21-16/h11,14,19H,3-10,12-13H2,1-2H3. The van der Waals surface area contributed by atoms with Gasteiger partial charge in [0, 0.05) is 31.1 Å². The fourth-order valence-corrected chi connectivity index (χ4v) is 3.95. The maximum Gasteiger partial charge on any atom is 0.208 e. The normalized spacial score (nSPS) is 26.3. The number of aromatic nitrogens is 1. The average Bonchev–Trinajstić information content (AvgIpc) is 2.96. The zero-order valence-corrected chi connectivity index (χ0v) is 13.5. The quantitative estimate of drug-likeness (QED) is 0.925. The Bertz CT molecular complexity index is 451. The SMILES string of the molecule is CCc1cnc(CN2CC3(CCCCC3)NCC2CC)o1. The van der Waals surface area contributed by atoms with E-state index in [1.54, 1.807) is 0 Å². The van der Waals surface area contributed by atoms with Crippen LogP contribution in [0.4, 0.5) is 0 Å². The van der Waals surface area contributed by atoms with E-state index in [4.69, 9.17) is 4.42 Å². The van der Waals surface area contributed by atoms with Crippen LogP contribution in [0.15, 0.2) is 10.6 Å². The van der Waals surface area contributed by atoms with Gasteiger partial charge in [-0.15, -0.1) is 0 Å². The van der Waals surface area contributed by atoms with E-state index in [2.05, 4.69) is 29.0 Å². The minimum absolute atomic E-state index is 0.351. The Kier molecular flexibility index (Phi) is 4.65. The van der Waals surface area contributed by atoms with Crippen molar-refractivity contribution in [3.8, 4) is 0 Å². The maximum absolute atomic E-state index is 5.83. The molecule has 1 aromatic heterocycles. The van der Waals surface area contributed by atoms with Crippen LogP contribution in [0.5, 0.6) is 0 Å². The Hall–Kier alpha value is -0.870.